The zero-order valence-corrected chi connectivity index (χ0v) is 9.01. The summed E-state index contributed by atoms with van der Waals surface area (Å²) in [6, 6.07) is 15.6. The molecule has 0 saturated carbocycles. The summed E-state index contributed by atoms with van der Waals surface area (Å²) in [5, 5.41) is 0. The van der Waals surface area contributed by atoms with E-state index in [9.17, 15) is 4.79 Å². The monoisotopic (exact) mass is 224 g/mol. The van der Waals surface area contributed by atoms with Gasteiger partial charge in [0.25, 0.3) is 0 Å². The molecule has 83 valence electrons. The van der Waals surface area contributed by atoms with Crippen molar-refractivity contribution in [3.8, 4) is 11.1 Å². The fraction of sp³-hybridized carbons (Fsp3) is 0.0714. The normalized spacial score (nSPS) is 12.9. The van der Waals surface area contributed by atoms with Gasteiger partial charge in [-0.2, -0.15) is 0 Å². The van der Waals surface area contributed by atoms with Crippen molar-refractivity contribution in [2.24, 2.45) is 0 Å². The van der Waals surface area contributed by atoms with Gasteiger partial charge in [-0.05, 0) is 11.1 Å². The molecule has 0 unspecified atom stereocenters. The van der Waals surface area contributed by atoms with E-state index >= 15 is 0 Å². The summed E-state index contributed by atoms with van der Waals surface area (Å²) in [7, 11) is 0. The maximum absolute atomic E-state index is 10.9. The third-order valence-corrected chi connectivity index (χ3v) is 3.00. The molecule has 0 aromatic heterocycles. The molecule has 17 heavy (non-hydrogen) atoms. The Labute approximate surface area is 98.8 Å². The van der Waals surface area contributed by atoms with Crippen molar-refractivity contribution in [1.29, 1.82) is 0 Å². The van der Waals surface area contributed by atoms with Crippen LogP contribution in [-0.4, -0.2) is 6.09 Å². The van der Waals surface area contributed by atoms with Gasteiger partial charge in [-0.15, -0.1) is 0 Å². The molecule has 0 spiro atoms. The first-order valence-corrected chi connectivity index (χ1v) is 5.38. The quantitative estimate of drug-likeness (QED) is 0.746. The fourth-order valence-electron chi connectivity index (χ4n) is 2.34. The van der Waals surface area contributed by atoms with E-state index in [1.165, 1.54) is 0 Å². The minimum Gasteiger partial charge on any atom is -0.435 e. The standard InChI is InChI=1S/C14H10NO2/c15-14(16)17-13-11-7-3-1-5-9(11)10-6-2-4-8-12(10)13/h1-8,13,15H. The molecule has 1 radical (unpaired) electrons. The molecule has 3 nitrogen and oxygen atoms in total. The van der Waals surface area contributed by atoms with E-state index in [0.29, 0.717) is 0 Å². The van der Waals surface area contributed by atoms with Crippen LogP contribution < -0.4 is 5.73 Å². The zero-order valence-electron chi connectivity index (χ0n) is 9.01. The van der Waals surface area contributed by atoms with Crippen molar-refractivity contribution in [1.82, 2.24) is 5.73 Å². The highest BCUT2D eigenvalue weighted by Crippen LogP contribution is 2.44. The van der Waals surface area contributed by atoms with E-state index in [4.69, 9.17) is 10.5 Å². The number of nitrogens with one attached hydrogen (secondary N) is 1. The molecule has 0 atom stereocenters. The van der Waals surface area contributed by atoms with Gasteiger partial charge in [-0.3, -0.25) is 0 Å². The summed E-state index contributed by atoms with van der Waals surface area (Å²) >= 11 is 0. The Morgan fingerprint density at radius 3 is 1.88 bits per heavy atom. The fourth-order valence-corrected chi connectivity index (χ4v) is 2.34. The van der Waals surface area contributed by atoms with Gasteiger partial charge in [0, 0.05) is 11.1 Å². The van der Waals surface area contributed by atoms with E-state index in [1.54, 1.807) is 0 Å². The van der Waals surface area contributed by atoms with Crippen molar-refractivity contribution in [3.63, 3.8) is 0 Å². The van der Waals surface area contributed by atoms with Crippen LogP contribution in [0.15, 0.2) is 48.5 Å². The molecule has 1 N–H and O–H groups in total. The number of carbonyl (C=O) groups excluding carboxylic acids is 1. The predicted molar refractivity (Wildman–Crippen MR) is 63.3 cm³/mol. The Kier molecular flexibility index (Phi) is 2.11. The lowest BCUT2D eigenvalue weighted by Gasteiger charge is -2.12. The average Bonchev–Trinajstić information content (AvgIpc) is 2.65. The highest BCUT2D eigenvalue weighted by molar-refractivity contribution is 5.79. The van der Waals surface area contributed by atoms with E-state index in [2.05, 4.69) is 0 Å². The molecule has 3 heteroatoms. The second-order valence-electron chi connectivity index (χ2n) is 3.96. The van der Waals surface area contributed by atoms with Crippen molar-refractivity contribution in [3.05, 3.63) is 59.7 Å². The van der Waals surface area contributed by atoms with Crippen molar-refractivity contribution < 1.29 is 9.53 Å². The van der Waals surface area contributed by atoms with Crippen molar-refractivity contribution >= 4 is 6.09 Å². The van der Waals surface area contributed by atoms with Crippen LogP contribution in [0.25, 0.3) is 11.1 Å². The summed E-state index contributed by atoms with van der Waals surface area (Å²) in [4.78, 5) is 10.9. The van der Waals surface area contributed by atoms with Crippen LogP contribution in [0.2, 0.25) is 0 Å². The van der Waals surface area contributed by atoms with Crippen LogP contribution in [0.5, 0.6) is 0 Å². The number of hydrogen-bond acceptors (Lipinski definition) is 2. The first-order valence-electron chi connectivity index (χ1n) is 5.38. The molecule has 1 aliphatic rings. The van der Waals surface area contributed by atoms with Crippen molar-refractivity contribution in [2.75, 3.05) is 0 Å². The second kappa shape index (κ2) is 3.63. The third kappa shape index (κ3) is 1.47. The summed E-state index contributed by atoms with van der Waals surface area (Å²) in [5.74, 6) is 0. The van der Waals surface area contributed by atoms with Gasteiger partial charge in [0.2, 0.25) is 0 Å². The van der Waals surface area contributed by atoms with Crippen LogP contribution >= 0.6 is 0 Å². The largest absolute Gasteiger partial charge is 0.435 e. The summed E-state index contributed by atoms with van der Waals surface area (Å²) in [6.07, 6.45) is -1.44. The predicted octanol–water partition coefficient (Wildman–Crippen LogP) is 3.18. The maximum atomic E-state index is 10.9. The smallest absolute Gasteiger partial charge is 0.427 e. The Hall–Kier alpha value is -2.29. The lowest BCUT2D eigenvalue weighted by Crippen LogP contribution is -2.09. The van der Waals surface area contributed by atoms with E-state index < -0.39 is 12.2 Å². The maximum Gasteiger partial charge on any atom is 0.427 e. The van der Waals surface area contributed by atoms with Gasteiger partial charge in [0.15, 0.2) is 6.10 Å². The molecule has 0 aliphatic heterocycles. The number of amides is 1. The number of rotatable bonds is 1. The Morgan fingerprint density at radius 2 is 1.41 bits per heavy atom. The summed E-state index contributed by atoms with van der Waals surface area (Å²) < 4.78 is 5.09. The summed E-state index contributed by atoms with van der Waals surface area (Å²) in [6.45, 7) is 0. The molecule has 0 fully saturated rings. The molecule has 2 aromatic carbocycles. The Morgan fingerprint density at radius 1 is 0.941 bits per heavy atom. The van der Waals surface area contributed by atoms with Crippen LogP contribution in [0.3, 0.4) is 0 Å². The Balaban J connectivity index is 2.20. The SMILES string of the molecule is [NH]C(=O)OC1c2ccccc2-c2ccccc21. The van der Waals surface area contributed by atoms with Crippen LogP contribution in [0.1, 0.15) is 17.2 Å². The van der Waals surface area contributed by atoms with Gasteiger partial charge >= 0.3 is 6.09 Å². The van der Waals surface area contributed by atoms with E-state index in [0.717, 1.165) is 22.3 Å². The number of benzene rings is 2. The molecule has 1 amide bonds. The molecule has 2 aromatic rings. The van der Waals surface area contributed by atoms with Gasteiger partial charge in [-0.25, -0.2) is 10.5 Å². The molecule has 0 saturated heterocycles. The number of hydrogen-bond donors (Lipinski definition) is 0. The summed E-state index contributed by atoms with van der Waals surface area (Å²) in [5.41, 5.74) is 11.0. The molecule has 0 bridgehead atoms. The van der Waals surface area contributed by atoms with Gasteiger partial charge in [0.05, 0.1) is 0 Å². The number of carbonyl (C=O) groups is 1. The lowest BCUT2D eigenvalue weighted by atomic mass is 10.1. The minimum atomic E-state index is -0.999. The van der Waals surface area contributed by atoms with Crippen LogP contribution in [-0.2, 0) is 4.74 Å². The van der Waals surface area contributed by atoms with Gasteiger partial charge in [0.1, 0.15) is 0 Å². The van der Waals surface area contributed by atoms with Gasteiger partial charge in [-0.1, -0.05) is 48.5 Å². The van der Waals surface area contributed by atoms with E-state index in [-0.39, 0.29) is 0 Å². The van der Waals surface area contributed by atoms with Crippen LogP contribution in [0.4, 0.5) is 4.79 Å². The van der Waals surface area contributed by atoms with E-state index in [1.807, 2.05) is 48.5 Å². The molecule has 3 rings (SSSR count). The molecule has 0 heterocycles. The lowest BCUT2D eigenvalue weighted by molar-refractivity contribution is 0.126. The highest BCUT2D eigenvalue weighted by Gasteiger charge is 2.30. The molecular weight excluding hydrogens is 214 g/mol. The first-order chi connectivity index (χ1) is 8.27. The number of fused-ring (bicyclic) bond motifs is 3. The molecule has 1 aliphatic carbocycles. The second-order valence-corrected chi connectivity index (χ2v) is 3.96. The minimum absolute atomic E-state index is 0.438. The first kappa shape index (κ1) is 9.90. The number of ether oxygens (including phenoxy) is 1. The topological polar surface area (TPSA) is 50.1 Å². The molecular formula is C14H10NO2. The zero-order chi connectivity index (χ0) is 11.8. The van der Waals surface area contributed by atoms with Crippen LogP contribution in [0, 0.1) is 0 Å². The average molecular weight is 224 g/mol. The highest BCUT2D eigenvalue weighted by atomic mass is 16.6. The van der Waals surface area contributed by atoms with Crippen molar-refractivity contribution in [2.45, 2.75) is 6.10 Å². The third-order valence-electron chi connectivity index (χ3n) is 3.00. The Bertz CT molecular complexity index is 547. The van der Waals surface area contributed by atoms with Gasteiger partial charge < -0.3 is 4.74 Å².